The molecule has 0 saturated heterocycles. The number of carboxylic acid groups (broad SMARTS) is 1. The molecular weight excluding hydrogens is 380 g/mol. The van der Waals surface area contributed by atoms with Gasteiger partial charge < -0.3 is 5.11 Å². The molecule has 0 aliphatic heterocycles. The molecule has 0 aliphatic carbocycles. The van der Waals surface area contributed by atoms with Gasteiger partial charge in [0.15, 0.2) is 0 Å². The summed E-state index contributed by atoms with van der Waals surface area (Å²) in [4.78, 5) is 9.89. The molecule has 0 aromatic rings. The highest BCUT2D eigenvalue weighted by molar-refractivity contribution is 5.79. The zero-order valence-corrected chi connectivity index (χ0v) is 11.0. The topological polar surface area (TPSA) is 37.3 Å². The van der Waals surface area contributed by atoms with Gasteiger partial charge in [-0.15, -0.1) is 0 Å². The van der Waals surface area contributed by atoms with Crippen molar-refractivity contribution in [1.29, 1.82) is 0 Å². The van der Waals surface area contributed by atoms with Gasteiger partial charge in [0, 0.05) is 13.0 Å². The largest absolute Gasteiger partial charge is 0.478 e. The van der Waals surface area contributed by atoms with Crippen molar-refractivity contribution in [2.75, 3.05) is 0 Å². The highest BCUT2D eigenvalue weighted by atomic mass is 19.4. The third-order valence-electron chi connectivity index (χ3n) is 2.59. The van der Waals surface area contributed by atoms with Crippen molar-refractivity contribution >= 4 is 5.97 Å². The lowest BCUT2D eigenvalue weighted by Gasteiger charge is -2.40. The maximum atomic E-state index is 13.1. The molecule has 0 rings (SSSR count). The lowest BCUT2D eigenvalue weighted by atomic mass is 9.91. The molecule has 0 amide bonds. The van der Waals surface area contributed by atoms with E-state index in [1.165, 1.54) is 0 Å². The fourth-order valence-corrected chi connectivity index (χ4v) is 1.16. The minimum absolute atomic E-state index is 0.852. The Kier molecular flexibility index (Phi) is 5.33. The first-order valence-electron chi connectivity index (χ1n) is 5.36. The number of carbonyl (C=O) groups is 1. The van der Waals surface area contributed by atoms with Crippen molar-refractivity contribution < 1.29 is 62.6 Å². The highest BCUT2D eigenvalue weighted by Crippen LogP contribution is 2.60. The second kappa shape index (κ2) is 5.72. The van der Waals surface area contributed by atoms with Gasteiger partial charge in [-0.3, -0.25) is 0 Å². The Morgan fingerprint density at radius 3 is 1.33 bits per heavy atom. The van der Waals surface area contributed by atoms with E-state index in [2.05, 4.69) is 0 Å². The molecule has 142 valence electrons. The molecule has 0 heterocycles. The summed E-state index contributed by atoms with van der Waals surface area (Å²) < 4.78 is 154. The van der Waals surface area contributed by atoms with Crippen molar-refractivity contribution in [2.45, 2.75) is 42.5 Å². The van der Waals surface area contributed by atoms with Crippen LogP contribution in [0.25, 0.3) is 0 Å². The third kappa shape index (κ3) is 3.14. The van der Waals surface area contributed by atoms with Crippen LogP contribution in [0.1, 0.15) is 6.92 Å². The number of aliphatic carboxylic acids is 1. The number of alkyl halides is 12. The van der Waals surface area contributed by atoms with Crippen molar-refractivity contribution in [3.05, 3.63) is 12.2 Å². The van der Waals surface area contributed by atoms with E-state index in [1.54, 1.807) is 0 Å². The van der Waals surface area contributed by atoms with Crippen LogP contribution in [-0.2, 0) is 4.79 Å². The summed E-state index contributed by atoms with van der Waals surface area (Å²) >= 11 is 0. The number of halogens is 12. The fraction of sp³-hybridized carbons (Fsp3) is 0.700. The van der Waals surface area contributed by atoms with Crippen LogP contribution >= 0.6 is 0 Å². The van der Waals surface area contributed by atoms with E-state index in [9.17, 15) is 57.5 Å². The van der Waals surface area contributed by atoms with E-state index in [4.69, 9.17) is 5.11 Å². The molecule has 24 heavy (non-hydrogen) atoms. The molecule has 0 radical (unpaired) electrons. The van der Waals surface area contributed by atoms with E-state index in [0.717, 1.165) is 0 Å². The number of carboxylic acids is 1. The van der Waals surface area contributed by atoms with Gasteiger partial charge in [0.25, 0.3) is 0 Å². The number of allylic oxidation sites excluding steroid dienone is 1. The van der Waals surface area contributed by atoms with Crippen molar-refractivity contribution in [2.24, 2.45) is 0 Å². The molecule has 14 heteroatoms. The molecule has 0 atom stereocenters. The predicted octanol–water partition coefficient (Wildman–Crippen LogP) is 4.46. The number of rotatable bonds is 7. The van der Waals surface area contributed by atoms with Crippen LogP contribution < -0.4 is 0 Å². The maximum Gasteiger partial charge on any atom is 0.385 e. The zero-order chi connectivity index (χ0) is 20.0. The average Bonchev–Trinajstić information content (AvgIpc) is 2.34. The van der Waals surface area contributed by atoms with Crippen LogP contribution in [0, 0.1) is 0 Å². The maximum absolute atomic E-state index is 13.1. The monoisotopic (exact) mass is 386 g/mol. The van der Waals surface area contributed by atoms with Gasteiger partial charge in [0.1, 0.15) is 0 Å². The predicted molar refractivity (Wildman–Crippen MR) is 52.1 cm³/mol. The second-order valence-corrected chi connectivity index (χ2v) is 4.48. The van der Waals surface area contributed by atoms with Gasteiger partial charge in [0.05, 0.1) is 0 Å². The van der Waals surface area contributed by atoms with E-state index < -0.39 is 60.6 Å². The molecule has 0 unspecified atom stereocenters. The van der Waals surface area contributed by atoms with Gasteiger partial charge in [-0.25, -0.2) is 4.79 Å². The molecule has 0 fully saturated rings. The van der Waals surface area contributed by atoms with Crippen LogP contribution in [-0.4, -0.2) is 46.6 Å². The SMILES string of the molecule is CC(F)(F)C(F)(F)C(F)(F)C(F)(F)C(F)(F)C(F)(F)/C=C/C(=O)O. The summed E-state index contributed by atoms with van der Waals surface area (Å²) in [6, 6.07) is 0. The Morgan fingerprint density at radius 1 is 0.708 bits per heavy atom. The van der Waals surface area contributed by atoms with E-state index in [-0.39, 0.29) is 0 Å². The van der Waals surface area contributed by atoms with E-state index in [1.807, 2.05) is 0 Å². The van der Waals surface area contributed by atoms with Crippen molar-refractivity contribution in [3.63, 3.8) is 0 Å². The Hall–Kier alpha value is -1.63. The van der Waals surface area contributed by atoms with Gasteiger partial charge >= 0.3 is 41.5 Å². The first kappa shape index (κ1) is 22.4. The second-order valence-electron chi connectivity index (χ2n) is 4.48. The Balaban J connectivity index is 6.25. The minimum atomic E-state index is -7.69. The molecule has 0 bridgehead atoms. The van der Waals surface area contributed by atoms with Gasteiger partial charge in [-0.05, 0) is 6.08 Å². The zero-order valence-electron chi connectivity index (χ0n) is 11.0. The molecule has 0 saturated carbocycles. The van der Waals surface area contributed by atoms with E-state index >= 15 is 0 Å². The molecule has 0 aromatic heterocycles. The van der Waals surface area contributed by atoms with E-state index in [0.29, 0.717) is 0 Å². The summed E-state index contributed by atoms with van der Waals surface area (Å²) in [5.74, 6) is -44.6. The Morgan fingerprint density at radius 2 is 1.04 bits per heavy atom. The third-order valence-corrected chi connectivity index (χ3v) is 2.59. The molecular formula is C10H6F12O2. The van der Waals surface area contributed by atoms with Crippen molar-refractivity contribution in [1.82, 2.24) is 0 Å². The average molecular weight is 386 g/mol. The van der Waals surface area contributed by atoms with Gasteiger partial charge in [0.2, 0.25) is 0 Å². The van der Waals surface area contributed by atoms with Crippen LogP contribution in [0.2, 0.25) is 0 Å². The lowest BCUT2D eigenvalue weighted by molar-refractivity contribution is -0.418. The van der Waals surface area contributed by atoms with Crippen LogP contribution in [0.4, 0.5) is 52.7 Å². The Bertz CT molecular complexity index is 516. The van der Waals surface area contributed by atoms with Crippen LogP contribution in [0.5, 0.6) is 0 Å². The summed E-state index contributed by atoms with van der Waals surface area (Å²) in [6.07, 6.45) is -2.32. The first-order valence-corrected chi connectivity index (χ1v) is 5.36. The smallest absolute Gasteiger partial charge is 0.385 e. The minimum Gasteiger partial charge on any atom is -0.478 e. The molecule has 0 spiro atoms. The molecule has 1 N–H and O–H groups in total. The lowest BCUT2D eigenvalue weighted by Crippen LogP contribution is -2.70. The molecule has 0 aromatic carbocycles. The molecule has 0 aliphatic rings. The summed E-state index contributed by atoms with van der Waals surface area (Å²) in [7, 11) is 0. The number of hydrogen-bond donors (Lipinski definition) is 1. The quantitative estimate of drug-likeness (QED) is 0.518. The number of hydrogen-bond acceptors (Lipinski definition) is 1. The molecule has 2 nitrogen and oxygen atoms in total. The summed E-state index contributed by atoms with van der Waals surface area (Å²) in [6.45, 7) is -1.02. The summed E-state index contributed by atoms with van der Waals surface area (Å²) in [5, 5.41) is 7.92. The Labute approximate surface area is 124 Å². The first-order chi connectivity index (χ1) is 10.2. The highest BCUT2D eigenvalue weighted by Gasteiger charge is 2.89. The fourth-order valence-electron chi connectivity index (χ4n) is 1.16. The normalized spacial score (nSPS) is 15.9. The standard InChI is InChI=1S/C10H6F12O2/c1-5(11,12)7(15,16)9(19,20)10(21,22)8(17,18)6(13,14)3-2-4(23)24/h2-3H,1H3,(H,23,24)/b3-2+. The van der Waals surface area contributed by atoms with Crippen LogP contribution in [0.3, 0.4) is 0 Å². The van der Waals surface area contributed by atoms with Gasteiger partial charge in [-0.1, -0.05) is 0 Å². The van der Waals surface area contributed by atoms with Gasteiger partial charge in [-0.2, -0.15) is 52.7 Å². The van der Waals surface area contributed by atoms with Crippen LogP contribution in [0.15, 0.2) is 12.2 Å². The van der Waals surface area contributed by atoms with Crippen molar-refractivity contribution in [3.8, 4) is 0 Å². The summed E-state index contributed by atoms with van der Waals surface area (Å²) in [5.41, 5.74) is 0.